The summed E-state index contributed by atoms with van der Waals surface area (Å²) in [5.74, 6) is 0.443. The topological polar surface area (TPSA) is 34.1 Å². The molecule has 4 heteroatoms. The van der Waals surface area contributed by atoms with Gasteiger partial charge in [-0.1, -0.05) is 20.8 Å². The van der Waals surface area contributed by atoms with Crippen LogP contribution in [0, 0.1) is 12.8 Å². The highest BCUT2D eigenvalue weighted by molar-refractivity contribution is 7.09. The number of nitrogens with one attached hydrogen (secondary N) is 1. The Balaban J connectivity index is 3.09. The Labute approximate surface area is 102 Å². The lowest BCUT2D eigenvalue weighted by Gasteiger charge is -2.36. The van der Waals surface area contributed by atoms with Crippen molar-refractivity contribution in [2.45, 2.75) is 33.2 Å². The Morgan fingerprint density at radius 3 is 2.62 bits per heavy atom. The number of aromatic nitrogens is 1. The van der Waals surface area contributed by atoms with Crippen molar-refractivity contribution in [3.05, 3.63) is 16.1 Å². The predicted molar refractivity (Wildman–Crippen MR) is 68.9 cm³/mol. The summed E-state index contributed by atoms with van der Waals surface area (Å²) < 4.78 is 5.39. The second kappa shape index (κ2) is 5.75. The fraction of sp³-hybridized carbons (Fsp3) is 0.750. The monoisotopic (exact) mass is 242 g/mol. The molecule has 0 fully saturated rings. The highest BCUT2D eigenvalue weighted by Gasteiger charge is 2.37. The summed E-state index contributed by atoms with van der Waals surface area (Å²) in [7, 11) is 1.74. The Kier molecular flexibility index (Phi) is 4.89. The normalized spacial score (nSPS) is 15.4. The lowest BCUT2D eigenvalue weighted by atomic mass is 9.87. The number of likely N-dealkylation sites (N-methyl/N-ethyl adjacent to an activating group) is 1. The first-order chi connectivity index (χ1) is 7.56. The van der Waals surface area contributed by atoms with E-state index in [4.69, 9.17) is 4.74 Å². The van der Waals surface area contributed by atoms with E-state index in [-0.39, 0.29) is 5.54 Å². The van der Waals surface area contributed by atoms with Crippen LogP contribution in [0.15, 0.2) is 5.38 Å². The quantitative estimate of drug-likeness (QED) is 0.832. The Bertz CT molecular complexity index is 317. The third-order valence-corrected chi connectivity index (χ3v) is 3.99. The predicted octanol–water partition coefficient (Wildman–Crippen LogP) is 2.56. The van der Waals surface area contributed by atoms with E-state index >= 15 is 0 Å². The molecule has 1 unspecified atom stereocenters. The maximum Gasteiger partial charge on any atom is 0.116 e. The fourth-order valence-electron chi connectivity index (χ4n) is 1.91. The van der Waals surface area contributed by atoms with Gasteiger partial charge in [-0.25, -0.2) is 4.98 Å². The van der Waals surface area contributed by atoms with Gasteiger partial charge in [0.2, 0.25) is 0 Å². The van der Waals surface area contributed by atoms with Gasteiger partial charge in [-0.15, -0.1) is 11.3 Å². The molecule has 16 heavy (non-hydrogen) atoms. The van der Waals surface area contributed by atoms with Crippen LogP contribution in [0.25, 0.3) is 0 Å². The first-order valence-electron chi connectivity index (χ1n) is 5.73. The zero-order valence-electron chi connectivity index (χ0n) is 10.8. The van der Waals surface area contributed by atoms with Crippen molar-refractivity contribution >= 4 is 11.3 Å². The van der Waals surface area contributed by atoms with E-state index in [0.29, 0.717) is 12.5 Å². The number of rotatable bonds is 6. The highest BCUT2D eigenvalue weighted by Crippen LogP contribution is 2.32. The van der Waals surface area contributed by atoms with Crippen LogP contribution in [0.5, 0.6) is 0 Å². The molecular formula is C12H22N2OS. The molecule has 0 aliphatic rings. The maximum absolute atomic E-state index is 5.39. The van der Waals surface area contributed by atoms with Crippen LogP contribution in [-0.4, -0.2) is 25.2 Å². The van der Waals surface area contributed by atoms with Crippen molar-refractivity contribution in [3.63, 3.8) is 0 Å². The molecule has 3 nitrogen and oxygen atoms in total. The highest BCUT2D eigenvalue weighted by atomic mass is 32.1. The van der Waals surface area contributed by atoms with Gasteiger partial charge in [0.05, 0.1) is 12.1 Å². The summed E-state index contributed by atoms with van der Waals surface area (Å²) in [5.41, 5.74) is 0.932. The molecule has 1 N–H and O–H groups in total. The van der Waals surface area contributed by atoms with Gasteiger partial charge in [-0.2, -0.15) is 0 Å². The van der Waals surface area contributed by atoms with Crippen LogP contribution in [-0.2, 0) is 10.3 Å². The van der Waals surface area contributed by atoms with Crippen molar-refractivity contribution in [2.24, 2.45) is 5.92 Å². The van der Waals surface area contributed by atoms with Crippen LogP contribution in [0.3, 0.4) is 0 Å². The van der Waals surface area contributed by atoms with Crippen LogP contribution in [0.2, 0.25) is 0 Å². The Morgan fingerprint density at radius 1 is 1.56 bits per heavy atom. The Hall–Kier alpha value is -0.450. The molecule has 1 rings (SSSR count). The van der Waals surface area contributed by atoms with Crippen LogP contribution in [0.4, 0.5) is 0 Å². The first-order valence-corrected chi connectivity index (χ1v) is 6.61. The zero-order valence-corrected chi connectivity index (χ0v) is 11.6. The maximum atomic E-state index is 5.39. The van der Waals surface area contributed by atoms with Gasteiger partial charge < -0.3 is 10.1 Å². The summed E-state index contributed by atoms with van der Waals surface area (Å²) in [6, 6.07) is 0. The molecular weight excluding hydrogens is 220 g/mol. The van der Waals surface area contributed by atoms with Gasteiger partial charge in [0.1, 0.15) is 5.01 Å². The summed E-state index contributed by atoms with van der Waals surface area (Å²) in [4.78, 5) is 4.62. The summed E-state index contributed by atoms with van der Waals surface area (Å²) in [6.45, 7) is 10.1. The van der Waals surface area contributed by atoms with Gasteiger partial charge in [0, 0.05) is 18.2 Å². The van der Waals surface area contributed by atoms with E-state index in [0.717, 1.165) is 17.2 Å². The van der Waals surface area contributed by atoms with Gasteiger partial charge in [0.15, 0.2) is 0 Å². The minimum atomic E-state index is -0.150. The number of methoxy groups -OCH3 is 1. The van der Waals surface area contributed by atoms with E-state index in [1.807, 2.05) is 6.92 Å². The van der Waals surface area contributed by atoms with E-state index in [1.54, 1.807) is 18.4 Å². The molecule has 1 aromatic heterocycles. The summed E-state index contributed by atoms with van der Waals surface area (Å²) in [5, 5.41) is 6.77. The third-order valence-electron chi connectivity index (χ3n) is 2.85. The number of hydrogen-bond donors (Lipinski definition) is 1. The lowest BCUT2D eigenvalue weighted by Crippen LogP contribution is -2.50. The van der Waals surface area contributed by atoms with E-state index in [2.05, 4.69) is 36.5 Å². The molecule has 0 aromatic carbocycles. The molecule has 0 spiro atoms. The van der Waals surface area contributed by atoms with Crippen molar-refractivity contribution < 1.29 is 4.74 Å². The molecule has 0 amide bonds. The van der Waals surface area contributed by atoms with Crippen LogP contribution >= 0.6 is 11.3 Å². The van der Waals surface area contributed by atoms with Crippen molar-refractivity contribution in [1.82, 2.24) is 10.3 Å². The summed E-state index contributed by atoms with van der Waals surface area (Å²) in [6.07, 6.45) is 0. The lowest BCUT2D eigenvalue weighted by molar-refractivity contribution is 0.0773. The average Bonchev–Trinajstić information content (AvgIpc) is 2.64. The molecule has 1 aromatic rings. The van der Waals surface area contributed by atoms with Crippen molar-refractivity contribution in [1.29, 1.82) is 0 Å². The van der Waals surface area contributed by atoms with Gasteiger partial charge in [0.25, 0.3) is 0 Å². The SMILES string of the molecule is CCNC(COC)(c1nc(C)cs1)C(C)C. The van der Waals surface area contributed by atoms with Crippen LogP contribution < -0.4 is 5.32 Å². The van der Waals surface area contributed by atoms with Gasteiger partial charge in [-0.3, -0.25) is 0 Å². The molecule has 92 valence electrons. The molecule has 0 radical (unpaired) electrons. The number of nitrogens with zero attached hydrogens (tertiary/aromatic N) is 1. The number of aryl methyl sites for hydroxylation is 1. The molecule has 1 atom stereocenters. The summed E-state index contributed by atoms with van der Waals surface area (Å²) >= 11 is 1.71. The largest absolute Gasteiger partial charge is 0.382 e. The van der Waals surface area contributed by atoms with Crippen molar-refractivity contribution in [3.8, 4) is 0 Å². The minimum Gasteiger partial charge on any atom is -0.382 e. The second-order valence-corrected chi connectivity index (χ2v) is 5.24. The van der Waals surface area contributed by atoms with Crippen molar-refractivity contribution in [2.75, 3.05) is 20.3 Å². The molecule has 1 heterocycles. The molecule has 0 saturated heterocycles. The number of ether oxygens (including phenoxy) is 1. The first kappa shape index (κ1) is 13.6. The zero-order chi connectivity index (χ0) is 12.2. The molecule has 0 bridgehead atoms. The van der Waals surface area contributed by atoms with E-state index < -0.39 is 0 Å². The van der Waals surface area contributed by atoms with Gasteiger partial charge >= 0.3 is 0 Å². The van der Waals surface area contributed by atoms with Gasteiger partial charge in [-0.05, 0) is 19.4 Å². The molecule has 0 saturated carbocycles. The second-order valence-electron chi connectivity index (χ2n) is 4.38. The van der Waals surface area contributed by atoms with E-state index in [9.17, 15) is 0 Å². The molecule has 0 aliphatic carbocycles. The fourth-order valence-corrected chi connectivity index (χ4v) is 3.02. The third kappa shape index (κ3) is 2.62. The number of thiazole rings is 1. The average molecular weight is 242 g/mol. The smallest absolute Gasteiger partial charge is 0.116 e. The Morgan fingerprint density at radius 2 is 2.25 bits per heavy atom. The standard InChI is InChI=1S/C12H22N2OS/c1-6-13-12(8-15-5,9(2)3)11-14-10(4)7-16-11/h7,9,13H,6,8H2,1-5H3. The number of hydrogen-bond acceptors (Lipinski definition) is 4. The minimum absolute atomic E-state index is 0.150. The van der Waals surface area contributed by atoms with E-state index in [1.165, 1.54) is 0 Å². The van der Waals surface area contributed by atoms with Crippen LogP contribution in [0.1, 0.15) is 31.5 Å². The molecule has 0 aliphatic heterocycles.